The smallest absolute Gasteiger partial charge is 0.188 e. The second kappa shape index (κ2) is 3.94. The molecule has 0 unspecified atom stereocenters. The third kappa shape index (κ3) is 2.78. The van der Waals surface area contributed by atoms with Crippen LogP contribution in [0.5, 0.6) is 0 Å². The Bertz CT molecular complexity index is 327. The van der Waals surface area contributed by atoms with Crippen molar-refractivity contribution in [3.05, 3.63) is 29.6 Å². The minimum absolute atomic E-state index is 0.0595. The third-order valence-corrected chi connectivity index (χ3v) is 1.61. The van der Waals surface area contributed by atoms with Crippen LogP contribution in [0.3, 0.4) is 0 Å². The van der Waals surface area contributed by atoms with Crippen molar-refractivity contribution >= 4 is 11.6 Å². The zero-order chi connectivity index (χ0) is 9.84. The number of hydrogen-bond donors (Lipinski definition) is 0. The molecule has 0 amide bonds. The first kappa shape index (κ1) is 9.58. The summed E-state index contributed by atoms with van der Waals surface area (Å²) in [4.78, 5) is 25.9. The molecule has 3 heteroatoms. The van der Waals surface area contributed by atoms with E-state index in [0.717, 1.165) is 5.56 Å². The van der Waals surface area contributed by atoms with Gasteiger partial charge in [0.05, 0.1) is 6.42 Å². The predicted molar refractivity (Wildman–Crippen MR) is 48.6 cm³/mol. The molecule has 1 aromatic rings. The van der Waals surface area contributed by atoms with E-state index in [1.54, 1.807) is 18.3 Å². The monoisotopic (exact) mass is 177 g/mol. The average Bonchev–Trinajstić information content (AvgIpc) is 2.04. The highest BCUT2D eigenvalue weighted by molar-refractivity contribution is 6.06. The molecule has 0 spiro atoms. The van der Waals surface area contributed by atoms with Crippen molar-refractivity contribution in [2.45, 2.75) is 20.3 Å². The van der Waals surface area contributed by atoms with Gasteiger partial charge in [0, 0.05) is 6.20 Å². The Kier molecular flexibility index (Phi) is 2.90. The van der Waals surface area contributed by atoms with E-state index >= 15 is 0 Å². The second-order valence-electron chi connectivity index (χ2n) is 3.02. The molecule has 68 valence electrons. The number of rotatable bonds is 3. The van der Waals surface area contributed by atoms with Crippen LogP contribution in [0.4, 0.5) is 0 Å². The molecule has 0 atom stereocenters. The van der Waals surface area contributed by atoms with Crippen molar-refractivity contribution in [3.8, 4) is 0 Å². The number of aryl methyl sites for hydroxylation is 1. The van der Waals surface area contributed by atoms with Gasteiger partial charge in [0.25, 0.3) is 0 Å². The third-order valence-electron chi connectivity index (χ3n) is 1.61. The lowest BCUT2D eigenvalue weighted by Gasteiger charge is -1.97. The van der Waals surface area contributed by atoms with E-state index in [-0.39, 0.29) is 18.0 Å². The fraction of sp³-hybridized carbons (Fsp3) is 0.300. The Hall–Kier alpha value is -1.51. The summed E-state index contributed by atoms with van der Waals surface area (Å²) < 4.78 is 0. The van der Waals surface area contributed by atoms with Crippen molar-refractivity contribution in [2.75, 3.05) is 0 Å². The average molecular weight is 177 g/mol. The molecular formula is C10H11NO2. The van der Waals surface area contributed by atoms with Crippen molar-refractivity contribution < 1.29 is 9.59 Å². The van der Waals surface area contributed by atoms with Crippen LogP contribution < -0.4 is 0 Å². The van der Waals surface area contributed by atoms with E-state index < -0.39 is 0 Å². The fourth-order valence-corrected chi connectivity index (χ4v) is 0.949. The van der Waals surface area contributed by atoms with Gasteiger partial charge in [-0.2, -0.15) is 0 Å². The molecule has 13 heavy (non-hydrogen) atoms. The van der Waals surface area contributed by atoms with Gasteiger partial charge >= 0.3 is 0 Å². The van der Waals surface area contributed by atoms with Crippen LogP contribution in [0, 0.1) is 6.92 Å². The number of carbonyl (C=O) groups excluding carboxylic acids is 2. The van der Waals surface area contributed by atoms with E-state index in [0.29, 0.717) is 5.69 Å². The molecule has 1 aromatic heterocycles. The molecule has 3 nitrogen and oxygen atoms in total. The number of ketones is 2. The number of nitrogens with zero attached hydrogens (tertiary/aromatic N) is 1. The van der Waals surface area contributed by atoms with Gasteiger partial charge in [-0.25, -0.2) is 0 Å². The van der Waals surface area contributed by atoms with Crippen LogP contribution in [0.2, 0.25) is 0 Å². The van der Waals surface area contributed by atoms with Gasteiger partial charge in [0.1, 0.15) is 11.5 Å². The van der Waals surface area contributed by atoms with Crippen molar-refractivity contribution in [1.29, 1.82) is 0 Å². The Morgan fingerprint density at radius 3 is 2.54 bits per heavy atom. The summed E-state index contributed by atoms with van der Waals surface area (Å²) >= 11 is 0. The second-order valence-corrected chi connectivity index (χ2v) is 3.02. The molecule has 0 aliphatic heterocycles. The summed E-state index contributed by atoms with van der Waals surface area (Å²) in [7, 11) is 0. The molecule has 0 aliphatic rings. The van der Waals surface area contributed by atoms with Gasteiger partial charge in [0.15, 0.2) is 5.78 Å². The standard InChI is InChI=1S/C10H11NO2/c1-7-3-4-9(11-6-7)10(13)5-8(2)12/h3-4,6H,5H2,1-2H3. The molecule has 0 saturated heterocycles. The quantitative estimate of drug-likeness (QED) is 0.520. The maximum atomic E-state index is 11.3. The van der Waals surface area contributed by atoms with Crippen LogP contribution in [0.15, 0.2) is 18.3 Å². The summed E-state index contributed by atoms with van der Waals surface area (Å²) in [6, 6.07) is 3.45. The molecule has 0 aromatic carbocycles. The maximum Gasteiger partial charge on any atom is 0.188 e. The summed E-state index contributed by atoms with van der Waals surface area (Å²) in [6.45, 7) is 3.29. The number of Topliss-reactive ketones (excluding diaryl/α,β-unsaturated/α-hetero) is 2. The molecule has 1 heterocycles. The SMILES string of the molecule is CC(=O)CC(=O)c1ccc(C)cn1. The molecule has 0 fully saturated rings. The summed E-state index contributed by atoms with van der Waals surface area (Å²) in [5, 5.41) is 0. The normalized spacial score (nSPS) is 9.69. The van der Waals surface area contributed by atoms with Crippen LogP contribution in [-0.4, -0.2) is 16.6 Å². The molecular weight excluding hydrogens is 166 g/mol. The predicted octanol–water partition coefficient (Wildman–Crippen LogP) is 1.55. The zero-order valence-electron chi connectivity index (χ0n) is 7.70. The number of carbonyl (C=O) groups is 2. The van der Waals surface area contributed by atoms with Crippen molar-refractivity contribution in [3.63, 3.8) is 0 Å². The van der Waals surface area contributed by atoms with Gasteiger partial charge in [0.2, 0.25) is 0 Å². The van der Waals surface area contributed by atoms with Crippen LogP contribution >= 0.6 is 0 Å². The lowest BCUT2D eigenvalue weighted by molar-refractivity contribution is -0.116. The summed E-state index contributed by atoms with van der Waals surface area (Å²) in [5.41, 5.74) is 1.36. The first-order valence-corrected chi connectivity index (χ1v) is 4.05. The van der Waals surface area contributed by atoms with Crippen LogP contribution in [0.1, 0.15) is 29.4 Å². The van der Waals surface area contributed by atoms with Crippen molar-refractivity contribution in [1.82, 2.24) is 4.98 Å². The minimum atomic E-state index is -0.215. The molecule has 0 N–H and O–H groups in total. The maximum absolute atomic E-state index is 11.3. The highest BCUT2D eigenvalue weighted by atomic mass is 16.1. The first-order valence-electron chi connectivity index (χ1n) is 4.05. The van der Waals surface area contributed by atoms with E-state index in [1.807, 2.05) is 6.92 Å². The number of aromatic nitrogens is 1. The van der Waals surface area contributed by atoms with Gasteiger partial charge in [-0.1, -0.05) is 6.07 Å². The molecule has 0 radical (unpaired) electrons. The Morgan fingerprint density at radius 2 is 2.08 bits per heavy atom. The van der Waals surface area contributed by atoms with E-state index in [2.05, 4.69) is 4.98 Å². The van der Waals surface area contributed by atoms with Crippen molar-refractivity contribution in [2.24, 2.45) is 0 Å². The minimum Gasteiger partial charge on any atom is -0.300 e. The van der Waals surface area contributed by atoms with Gasteiger partial charge in [-0.15, -0.1) is 0 Å². The highest BCUT2D eigenvalue weighted by Gasteiger charge is 2.08. The lowest BCUT2D eigenvalue weighted by atomic mass is 10.1. The van der Waals surface area contributed by atoms with Gasteiger partial charge in [-0.3, -0.25) is 14.6 Å². The van der Waals surface area contributed by atoms with E-state index in [1.165, 1.54) is 6.92 Å². The Labute approximate surface area is 76.8 Å². The summed E-state index contributed by atoms with van der Waals surface area (Å²) in [5.74, 6) is -0.347. The van der Waals surface area contributed by atoms with Crippen LogP contribution in [0.25, 0.3) is 0 Å². The largest absolute Gasteiger partial charge is 0.300 e. The van der Waals surface area contributed by atoms with E-state index in [9.17, 15) is 9.59 Å². The zero-order valence-corrected chi connectivity index (χ0v) is 7.70. The van der Waals surface area contributed by atoms with Gasteiger partial charge < -0.3 is 0 Å². The Balaban J connectivity index is 2.78. The molecule has 0 aliphatic carbocycles. The lowest BCUT2D eigenvalue weighted by Crippen LogP contribution is -2.06. The Morgan fingerprint density at radius 1 is 1.38 bits per heavy atom. The number of pyridine rings is 1. The van der Waals surface area contributed by atoms with E-state index in [4.69, 9.17) is 0 Å². The van der Waals surface area contributed by atoms with Gasteiger partial charge in [-0.05, 0) is 25.5 Å². The molecule has 0 bridgehead atoms. The fourth-order valence-electron chi connectivity index (χ4n) is 0.949. The molecule has 1 rings (SSSR count). The topological polar surface area (TPSA) is 47.0 Å². The van der Waals surface area contributed by atoms with Crippen LogP contribution in [-0.2, 0) is 4.79 Å². The first-order chi connectivity index (χ1) is 6.09. The highest BCUT2D eigenvalue weighted by Crippen LogP contribution is 2.02. The molecule has 0 saturated carbocycles. The number of hydrogen-bond acceptors (Lipinski definition) is 3. The summed E-state index contributed by atoms with van der Waals surface area (Å²) in [6.07, 6.45) is 1.56.